The minimum absolute atomic E-state index is 0.0165. The molecule has 0 fully saturated rings. The van der Waals surface area contributed by atoms with Crippen LogP contribution in [0.1, 0.15) is 35.9 Å². The lowest BCUT2D eigenvalue weighted by Crippen LogP contribution is -2.07. The number of halogens is 2. The molecule has 2 rings (SSSR count). The van der Waals surface area contributed by atoms with Gasteiger partial charge in [0.15, 0.2) is 17.2 Å². The number of carbonyl (C=O) groups excluding carboxylic acids is 1. The number of pyridine rings is 1. The number of esters is 1. The molecule has 0 aromatic carbocycles. The average Bonchev–Trinajstić information content (AvgIpc) is 2.67. The number of nitrogens with zero attached hydrogens (tertiary/aromatic N) is 2. The van der Waals surface area contributed by atoms with Gasteiger partial charge in [-0.25, -0.2) is 14.2 Å². The molecular weight excluding hydrogens is 303 g/mol. The smallest absolute Gasteiger partial charge is 0.358 e. The number of methoxy groups -OCH3 is 1. The van der Waals surface area contributed by atoms with Crippen molar-refractivity contribution in [2.45, 2.75) is 19.8 Å². The van der Waals surface area contributed by atoms with Gasteiger partial charge in [-0.3, -0.25) is 4.40 Å². The Morgan fingerprint density at radius 3 is 2.78 bits per heavy atom. The maximum Gasteiger partial charge on any atom is 0.358 e. The number of fused-ring (bicyclic) bond motifs is 1. The molecule has 6 heteroatoms. The van der Waals surface area contributed by atoms with Crippen LogP contribution in [0.2, 0.25) is 0 Å². The third kappa shape index (κ3) is 2.01. The third-order valence-electron chi connectivity index (χ3n) is 2.60. The van der Waals surface area contributed by atoms with Crippen LogP contribution in [0.4, 0.5) is 4.39 Å². The summed E-state index contributed by atoms with van der Waals surface area (Å²) in [5.41, 5.74) is 0.920. The van der Waals surface area contributed by atoms with Gasteiger partial charge in [-0.15, -0.1) is 0 Å². The summed E-state index contributed by atoms with van der Waals surface area (Å²) in [5.74, 6) is -1.03. The Labute approximate surface area is 112 Å². The Morgan fingerprint density at radius 1 is 1.56 bits per heavy atom. The van der Waals surface area contributed by atoms with Crippen molar-refractivity contribution in [2.75, 3.05) is 7.11 Å². The van der Waals surface area contributed by atoms with E-state index in [0.717, 1.165) is 0 Å². The van der Waals surface area contributed by atoms with Crippen LogP contribution in [0.25, 0.3) is 5.65 Å². The molecule has 0 aliphatic rings. The summed E-state index contributed by atoms with van der Waals surface area (Å²) in [7, 11) is 1.28. The zero-order valence-electron chi connectivity index (χ0n) is 10.2. The van der Waals surface area contributed by atoms with Crippen molar-refractivity contribution in [1.29, 1.82) is 0 Å². The topological polar surface area (TPSA) is 43.6 Å². The molecule has 0 amide bonds. The maximum absolute atomic E-state index is 13.8. The van der Waals surface area contributed by atoms with E-state index in [1.165, 1.54) is 13.2 Å². The van der Waals surface area contributed by atoms with Gasteiger partial charge in [-0.05, 0) is 27.9 Å². The molecule has 0 aliphatic carbocycles. The predicted octanol–water partition coefficient (Wildman–Crippen LogP) is 3.15. The van der Waals surface area contributed by atoms with Crippen LogP contribution in [0.5, 0.6) is 0 Å². The standard InChI is InChI=1S/C12H12BrFN2O2/c1-6(2)10-9(12(17)18-3)15-11-8(14)4-7(13)5-16(10)11/h4-6H,1-3H3. The van der Waals surface area contributed by atoms with Crippen molar-refractivity contribution in [3.8, 4) is 0 Å². The molecule has 2 heterocycles. The van der Waals surface area contributed by atoms with Gasteiger partial charge in [0.2, 0.25) is 0 Å². The average molecular weight is 315 g/mol. The van der Waals surface area contributed by atoms with Gasteiger partial charge in [0.25, 0.3) is 0 Å². The van der Waals surface area contributed by atoms with Gasteiger partial charge in [0.1, 0.15) is 0 Å². The first-order valence-corrected chi connectivity index (χ1v) is 6.20. The monoisotopic (exact) mass is 314 g/mol. The Balaban J connectivity index is 2.84. The van der Waals surface area contributed by atoms with Crippen LogP contribution in [0.3, 0.4) is 0 Å². The molecule has 0 radical (unpaired) electrons. The van der Waals surface area contributed by atoms with E-state index in [2.05, 4.69) is 25.7 Å². The molecule has 96 valence electrons. The Bertz CT molecular complexity index is 622. The lowest BCUT2D eigenvalue weighted by molar-refractivity contribution is 0.0593. The maximum atomic E-state index is 13.8. The summed E-state index contributed by atoms with van der Waals surface area (Å²) in [5, 5.41) is 0. The van der Waals surface area contributed by atoms with E-state index >= 15 is 0 Å². The minimum atomic E-state index is -0.557. The second-order valence-corrected chi connectivity index (χ2v) is 5.11. The highest BCUT2D eigenvalue weighted by Crippen LogP contribution is 2.25. The highest BCUT2D eigenvalue weighted by molar-refractivity contribution is 9.10. The fraction of sp³-hybridized carbons (Fsp3) is 0.333. The molecule has 0 unspecified atom stereocenters. The number of rotatable bonds is 2. The quantitative estimate of drug-likeness (QED) is 0.800. The molecule has 0 spiro atoms. The van der Waals surface area contributed by atoms with E-state index in [4.69, 9.17) is 0 Å². The minimum Gasteiger partial charge on any atom is -0.464 e. The normalized spacial score (nSPS) is 11.2. The number of imidazole rings is 1. The molecule has 0 atom stereocenters. The Kier molecular flexibility index (Phi) is 3.38. The van der Waals surface area contributed by atoms with E-state index in [9.17, 15) is 9.18 Å². The number of aromatic nitrogens is 2. The molecule has 2 aromatic rings. The van der Waals surface area contributed by atoms with Crippen molar-refractivity contribution in [2.24, 2.45) is 0 Å². The van der Waals surface area contributed by atoms with Crippen molar-refractivity contribution >= 4 is 27.5 Å². The van der Waals surface area contributed by atoms with Crippen LogP contribution >= 0.6 is 15.9 Å². The molecule has 0 aliphatic heterocycles. The summed E-state index contributed by atoms with van der Waals surface area (Å²) in [6.45, 7) is 3.82. The Morgan fingerprint density at radius 2 is 2.22 bits per heavy atom. The lowest BCUT2D eigenvalue weighted by Gasteiger charge is -2.07. The van der Waals surface area contributed by atoms with Crippen LogP contribution < -0.4 is 0 Å². The van der Waals surface area contributed by atoms with E-state index in [0.29, 0.717) is 10.2 Å². The highest BCUT2D eigenvalue weighted by atomic mass is 79.9. The molecule has 0 N–H and O–H groups in total. The van der Waals surface area contributed by atoms with Crippen LogP contribution in [-0.2, 0) is 4.74 Å². The molecule has 0 saturated heterocycles. The summed E-state index contributed by atoms with van der Waals surface area (Å²) in [6, 6.07) is 1.31. The second kappa shape index (κ2) is 4.68. The predicted molar refractivity (Wildman–Crippen MR) is 68.3 cm³/mol. The lowest BCUT2D eigenvalue weighted by atomic mass is 10.1. The molecule has 18 heavy (non-hydrogen) atoms. The van der Waals surface area contributed by atoms with Gasteiger partial charge in [-0.1, -0.05) is 13.8 Å². The second-order valence-electron chi connectivity index (χ2n) is 4.19. The third-order valence-corrected chi connectivity index (χ3v) is 3.04. The van der Waals surface area contributed by atoms with Crippen molar-refractivity contribution in [1.82, 2.24) is 9.38 Å². The van der Waals surface area contributed by atoms with E-state index in [-0.39, 0.29) is 17.3 Å². The number of hydrogen-bond acceptors (Lipinski definition) is 3. The first-order valence-electron chi connectivity index (χ1n) is 5.41. The number of ether oxygens (including phenoxy) is 1. The van der Waals surface area contributed by atoms with E-state index in [1.54, 1.807) is 10.6 Å². The summed E-state index contributed by atoms with van der Waals surface area (Å²) in [4.78, 5) is 15.7. The largest absolute Gasteiger partial charge is 0.464 e. The Hall–Kier alpha value is -1.43. The first-order chi connectivity index (χ1) is 8.45. The van der Waals surface area contributed by atoms with Crippen molar-refractivity contribution < 1.29 is 13.9 Å². The van der Waals surface area contributed by atoms with E-state index in [1.807, 2.05) is 13.8 Å². The molecule has 4 nitrogen and oxygen atoms in total. The van der Waals surface area contributed by atoms with Crippen molar-refractivity contribution in [3.63, 3.8) is 0 Å². The van der Waals surface area contributed by atoms with Crippen molar-refractivity contribution in [3.05, 3.63) is 33.9 Å². The molecular formula is C12H12BrFN2O2. The number of carbonyl (C=O) groups is 1. The van der Waals surface area contributed by atoms with Gasteiger partial charge in [0.05, 0.1) is 12.8 Å². The zero-order valence-corrected chi connectivity index (χ0v) is 11.8. The molecule has 0 bridgehead atoms. The van der Waals surface area contributed by atoms with Crippen LogP contribution in [0.15, 0.2) is 16.7 Å². The van der Waals surface area contributed by atoms with Gasteiger partial charge < -0.3 is 4.74 Å². The molecule has 0 saturated carbocycles. The fourth-order valence-electron chi connectivity index (χ4n) is 1.89. The fourth-order valence-corrected chi connectivity index (χ4v) is 2.29. The molecule has 2 aromatic heterocycles. The zero-order chi connectivity index (χ0) is 13.4. The first kappa shape index (κ1) is 13.0. The highest BCUT2D eigenvalue weighted by Gasteiger charge is 2.23. The van der Waals surface area contributed by atoms with Crippen LogP contribution in [0, 0.1) is 5.82 Å². The van der Waals surface area contributed by atoms with Gasteiger partial charge >= 0.3 is 5.97 Å². The summed E-state index contributed by atoms with van der Waals surface area (Å²) < 4.78 is 20.6. The van der Waals surface area contributed by atoms with Gasteiger partial charge in [-0.2, -0.15) is 0 Å². The summed E-state index contributed by atoms with van der Waals surface area (Å²) in [6.07, 6.45) is 1.69. The SMILES string of the molecule is COC(=O)c1nc2c(F)cc(Br)cn2c1C(C)C. The number of hydrogen-bond donors (Lipinski definition) is 0. The van der Waals surface area contributed by atoms with Crippen LogP contribution in [-0.4, -0.2) is 22.5 Å². The summed E-state index contributed by atoms with van der Waals surface area (Å²) >= 11 is 3.23. The van der Waals surface area contributed by atoms with E-state index < -0.39 is 11.8 Å². The van der Waals surface area contributed by atoms with Gasteiger partial charge in [0, 0.05) is 10.7 Å².